The molecular formula is C10H14FN3O2. The van der Waals surface area contributed by atoms with Crippen LogP contribution in [0, 0.1) is 15.9 Å². The molecule has 6 heteroatoms. The topological polar surface area (TPSA) is 81.2 Å². The Hall–Kier alpha value is -1.69. The van der Waals surface area contributed by atoms with Gasteiger partial charge >= 0.3 is 0 Å². The maximum absolute atomic E-state index is 13.0. The Morgan fingerprint density at radius 1 is 1.38 bits per heavy atom. The van der Waals surface area contributed by atoms with Crippen LogP contribution in [-0.2, 0) is 0 Å². The first kappa shape index (κ1) is 12.4. The van der Waals surface area contributed by atoms with Crippen molar-refractivity contribution in [3.8, 4) is 0 Å². The average Bonchev–Trinajstić information content (AvgIpc) is 2.23. The maximum atomic E-state index is 13.0. The second kappa shape index (κ2) is 6.02. The van der Waals surface area contributed by atoms with Gasteiger partial charge in [-0.15, -0.1) is 0 Å². The van der Waals surface area contributed by atoms with Gasteiger partial charge in [0.2, 0.25) is 0 Å². The zero-order chi connectivity index (χ0) is 12.0. The minimum atomic E-state index is -0.617. The van der Waals surface area contributed by atoms with Gasteiger partial charge in [0.05, 0.1) is 11.0 Å². The number of non-ortho nitro benzene ring substituents is 1. The van der Waals surface area contributed by atoms with Gasteiger partial charge < -0.3 is 11.1 Å². The Bertz CT molecular complexity index is 371. The summed E-state index contributed by atoms with van der Waals surface area (Å²) in [6.07, 6.45) is 1.71. The van der Waals surface area contributed by atoms with Crippen LogP contribution in [0.3, 0.4) is 0 Å². The summed E-state index contributed by atoms with van der Waals surface area (Å²) >= 11 is 0. The highest BCUT2D eigenvalue weighted by Crippen LogP contribution is 2.19. The third-order valence-electron chi connectivity index (χ3n) is 2.05. The highest BCUT2D eigenvalue weighted by molar-refractivity contribution is 5.51. The normalized spacial score (nSPS) is 10.1. The van der Waals surface area contributed by atoms with E-state index < -0.39 is 10.7 Å². The molecule has 0 fully saturated rings. The van der Waals surface area contributed by atoms with Gasteiger partial charge in [-0.3, -0.25) is 10.1 Å². The predicted octanol–water partition coefficient (Wildman–Crippen LogP) is 1.88. The molecule has 0 aliphatic heterocycles. The van der Waals surface area contributed by atoms with Crippen LogP contribution in [0.4, 0.5) is 15.8 Å². The zero-order valence-electron chi connectivity index (χ0n) is 8.78. The Balaban J connectivity index is 2.62. The smallest absolute Gasteiger partial charge is 0.274 e. The summed E-state index contributed by atoms with van der Waals surface area (Å²) in [5.74, 6) is -0.615. The molecule has 0 bridgehead atoms. The Morgan fingerprint density at radius 2 is 2.12 bits per heavy atom. The number of hydrogen-bond donors (Lipinski definition) is 2. The van der Waals surface area contributed by atoms with E-state index >= 15 is 0 Å². The first-order valence-electron chi connectivity index (χ1n) is 5.02. The molecule has 0 atom stereocenters. The van der Waals surface area contributed by atoms with Crippen molar-refractivity contribution in [2.75, 3.05) is 18.4 Å². The van der Waals surface area contributed by atoms with E-state index in [1.807, 2.05) is 0 Å². The largest absolute Gasteiger partial charge is 0.385 e. The summed E-state index contributed by atoms with van der Waals surface area (Å²) in [6.45, 7) is 1.22. The van der Waals surface area contributed by atoms with Crippen molar-refractivity contribution in [2.24, 2.45) is 5.73 Å². The number of nitro groups is 1. The number of nitrogens with zero attached hydrogens (tertiary/aromatic N) is 1. The van der Waals surface area contributed by atoms with Gasteiger partial charge in [-0.2, -0.15) is 0 Å². The minimum Gasteiger partial charge on any atom is -0.385 e. The van der Waals surface area contributed by atoms with Crippen molar-refractivity contribution in [1.29, 1.82) is 0 Å². The van der Waals surface area contributed by atoms with E-state index in [2.05, 4.69) is 5.32 Å². The molecule has 0 aliphatic carbocycles. The molecule has 0 saturated carbocycles. The summed E-state index contributed by atoms with van der Waals surface area (Å²) in [5, 5.41) is 13.4. The van der Waals surface area contributed by atoms with E-state index in [0.717, 1.165) is 18.9 Å². The zero-order valence-corrected chi connectivity index (χ0v) is 8.78. The summed E-state index contributed by atoms with van der Waals surface area (Å²) < 4.78 is 13.0. The van der Waals surface area contributed by atoms with Crippen molar-refractivity contribution < 1.29 is 9.31 Å². The molecule has 0 aliphatic rings. The molecule has 0 aromatic heterocycles. The van der Waals surface area contributed by atoms with E-state index in [1.165, 1.54) is 12.1 Å². The summed E-state index contributed by atoms with van der Waals surface area (Å²) in [4.78, 5) is 9.86. The van der Waals surface area contributed by atoms with Crippen molar-refractivity contribution in [1.82, 2.24) is 0 Å². The molecule has 0 saturated heterocycles. The van der Waals surface area contributed by atoms with Gasteiger partial charge in [0, 0.05) is 18.3 Å². The SMILES string of the molecule is NCCCCNc1cc(F)cc([N+](=O)[O-])c1. The van der Waals surface area contributed by atoms with Crippen molar-refractivity contribution in [2.45, 2.75) is 12.8 Å². The lowest BCUT2D eigenvalue weighted by Crippen LogP contribution is -2.06. The molecule has 0 amide bonds. The molecule has 0 spiro atoms. The van der Waals surface area contributed by atoms with E-state index in [9.17, 15) is 14.5 Å². The molecule has 5 nitrogen and oxygen atoms in total. The fraction of sp³-hybridized carbons (Fsp3) is 0.400. The van der Waals surface area contributed by atoms with E-state index in [0.29, 0.717) is 18.8 Å². The number of nitrogens with two attached hydrogens (primary N) is 1. The average molecular weight is 227 g/mol. The Labute approximate surface area is 92.6 Å². The first-order chi connectivity index (χ1) is 7.63. The van der Waals surface area contributed by atoms with Crippen LogP contribution in [0.5, 0.6) is 0 Å². The number of nitrogens with one attached hydrogen (secondary N) is 1. The standard InChI is InChI=1S/C10H14FN3O2/c11-8-5-9(13-4-2-1-3-12)7-10(6-8)14(15)16/h5-7,13H,1-4,12H2. The molecule has 1 rings (SSSR count). The number of nitro benzene ring substituents is 1. The van der Waals surface area contributed by atoms with Crippen molar-refractivity contribution in [3.05, 3.63) is 34.1 Å². The number of halogens is 1. The highest BCUT2D eigenvalue weighted by atomic mass is 19.1. The fourth-order valence-electron chi connectivity index (χ4n) is 1.28. The molecule has 3 N–H and O–H groups in total. The number of unbranched alkanes of at least 4 members (excludes halogenated alkanes) is 1. The molecule has 88 valence electrons. The lowest BCUT2D eigenvalue weighted by Gasteiger charge is -2.05. The highest BCUT2D eigenvalue weighted by Gasteiger charge is 2.09. The molecule has 0 heterocycles. The lowest BCUT2D eigenvalue weighted by atomic mass is 10.2. The van der Waals surface area contributed by atoms with Crippen LogP contribution in [0.2, 0.25) is 0 Å². The van der Waals surface area contributed by atoms with Crippen molar-refractivity contribution >= 4 is 11.4 Å². The number of anilines is 1. The predicted molar refractivity (Wildman–Crippen MR) is 59.8 cm³/mol. The quantitative estimate of drug-likeness (QED) is 0.441. The number of hydrogen-bond acceptors (Lipinski definition) is 4. The molecular weight excluding hydrogens is 213 g/mol. The second-order valence-corrected chi connectivity index (χ2v) is 3.38. The second-order valence-electron chi connectivity index (χ2n) is 3.38. The van der Waals surface area contributed by atoms with Gasteiger partial charge in [-0.1, -0.05) is 0 Å². The number of benzene rings is 1. The van der Waals surface area contributed by atoms with E-state index in [1.54, 1.807) is 0 Å². The molecule has 1 aromatic rings. The van der Waals surface area contributed by atoms with Crippen LogP contribution >= 0.6 is 0 Å². The monoisotopic (exact) mass is 227 g/mol. The van der Waals surface area contributed by atoms with E-state index in [4.69, 9.17) is 5.73 Å². The van der Waals surface area contributed by atoms with Crippen LogP contribution in [0.15, 0.2) is 18.2 Å². The van der Waals surface area contributed by atoms with Gasteiger partial charge in [-0.25, -0.2) is 4.39 Å². The van der Waals surface area contributed by atoms with Gasteiger partial charge in [0.25, 0.3) is 5.69 Å². The van der Waals surface area contributed by atoms with Crippen LogP contribution in [-0.4, -0.2) is 18.0 Å². The molecule has 16 heavy (non-hydrogen) atoms. The Kier molecular flexibility index (Phi) is 4.65. The molecule has 1 aromatic carbocycles. The lowest BCUT2D eigenvalue weighted by molar-refractivity contribution is -0.385. The van der Waals surface area contributed by atoms with Crippen LogP contribution < -0.4 is 11.1 Å². The molecule has 0 radical (unpaired) electrons. The maximum Gasteiger partial charge on any atom is 0.274 e. The molecule has 0 unspecified atom stereocenters. The van der Waals surface area contributed by atoms with Gasteiger partial charge in [0.1, 0.15) is 5.82 Å². The third kappa shape index (κ3) is 3.82. The third-order valence-corrected chi connectivity index (χ3v) is 2.05. The summed E-state index contributed by atoms with van der Waals surface area (Å²) in [6, 6.07) is 3.44. The summed E-state index contributed by atoms with van der Waals surface area (Å²) in [7, 11) is 0. The minimum absolute atomic E-state index is 0.249. The first-order valence-corrected chi connectivity index (χ1v) is 5.02. The van der Waals surface area contributed by atoms with E-state index in [-0.39, 0.29) is 5.69 Å². The Morgan fingerprint density at radius 3 is 2.75 bits per heavy atom. The summed E-state index contributed by atoms with van der Waals surface area (Å²) in [5.41, 5.74) is 5.49. The van der Waals surface area contributed by atoms with Gasteiger partial charge in [-0.05, 0) is 25.5 Å². The fourth-order valence-corrected chi connectivity index (χ4v) is 1.28. The van der Waals surface area contributed by atoms with Crippen molar-refractivity contribution in [3.63, 3.8) is 0 Å². The number of rotatable bonds is 6. The van der Waals surface area contributed by atoms with Crippen LogP contribution in [0.25, 0.3) is 0 Å². The van der Waals surface area contributed by atoms with Crippen LogP contribution in [0.1, 0.15) is 12.8 Å². The van der Waals surface area contributed by atoms with Gasteiger partial charge in [0.15, 0.2) is 0 Å².